The third kappa shape index (κ3) is 4.49. The summed E-state index contributed by atoms with van der Waals surface area (Å²) in [5, 5.41) is 19.0. The molecule has 2 heterocycles. The van der Waals surface area contributed by atoms with E-state index in [1.807, 2.05) is 12.1 Å². The number of halogens is 1. The van der Waals surface area contributed by atoms with Gasteiger partial charge in [-0.15, -0.1) is 10.2 Å². The van der Waals surface area contributed by atoms with Gasteiger partial charge in [0.05, 0.1) is 0 Å². The Morgan fingerprint density at radius 1 is 1.39 bits per heavy atom. The standard InChI is InChI=1S/C15H19ClN6O/c16-13-3-1-12(2-4-13)15-19-21-22(20-15)10-14(23)18-8-6-11-5-7-17-9-11/h1-4,11,17H,5-10H2,(H,18,23). The van der Waals surface area contributed by atoms with Crippen molar-refractivity contribution in [3.8, 4) is 11.4 Å². The van der Waals surface area contributed by atoms with Crippen molar-refractivity contribution in [1.29, 1.82) is 0 Å². The molecule has 1 fully saturated rings. The lowest BCUT2D eigenvalue weighted by molar-refractivity contribution is -0.122. The minimum atomic E-state index is -0.101. The minimum absolute atomic E-state index is 0.0729. The van der Waals surface area contributed by atoms with Crippen molar-refractivity contribution in [2.24, 2.45) is 5.92 Å². The molecule has 2 N–H and O–H groups in total. The van der Waals surface area contributed by atoms with Gasteiger partial charge in [0.1, 0.15) is 6.54 Å². The Morgan fingerprint density at radius 3 is 2.96 bits per heavy atom. The van der Waals surface area contributed by atoms with Gasteiger partial charge in [0.25, 0.3) is 0 Å². The second-order valence-electron chi connectivity index (χ2n) is 5.65. The van der Waals surface area contributed by atoms with Crippen molar-refractivity contribution in [3.63, 3.8) is 0 Å². The van der Waals surface area contributed by atoms with Gasteiger partial charge in [0.15, 0.2) is 0 Å². The number of carbonyl (C=O) groups is 1. The van der Waals surface area contributed by atoms with Gasteiger partial charge in [-0.2, -0.15) is 4.80 Å². The smallest absolute Gasteiger partial charge is 0.243 e. The molecule has 0 aliphatic carbocycles. The second kappa shape index (κ2) is 7.52. The fourth-order valence-corrected chi connectivity index (χ4v) is 2.71. The van der Waals surface area contributed by atoms with Crippen LogP contribution in [0.2, 0.25) is 5.02 Å². The van der Waals surface area contributed by atoms with E-state index in [-0.39, 0.29) is 12.5 Å². The zero-order valence-electron chi connectivity index (χ0n) is 12.7. The highest BCUT2D eigenvalue weighted by atomic mass is 35.5. The van der Waals surface area contributed by atoms with Gasteiger partial charge in [-0.3, -0.25) is 4.79 Å². The first-order valence-electron chi connectivity index (χ1n) is 7.72. The Morgan fingerprint density at radius 2 is 2.22 bits per heavy atom. The lowest BCUT2D eigenvalue weighted by Gasteiger charge is -2.08. The van der Waals surface area contributed by atoms with Crippen LogP contribution in [-0.2, 0) is 11.3 Å². The summed E-state index contributed by atoms with van der Waals surface area (Å²) in [6.45, 7) is 2.88. The molecule has 3 rings (SSSR count). The normalized spacial score (nSPS) is 17.3. The molecular weight excluding hydrogens is 316 g/mol. The highest BCUT2D eigenvalue weighted by molar-refractivity contribution is 6.30. The molecule has 0 spiro atoms. The SMILES string of the molecule is O=C(Cn1nnc(-c2ccc(Cl)cc2)n1)NCCC1CCNC1. The van der Waals surface area contributed by atoms with Crippen LogP contribution in [-0.4, -0.2) is 45.7 Å². The van der Waals surface area contributed by atoms with E-state index in [1.54, 1.807) is 12.1 Å². The summed E-state index contributed by atoms with van der Waals surface area (Å²) in [5.74, 6) is 1.04. The molecule has 0 radical (unpaired) electrons. The number of nitrogens with one attached hydrogen (secondary N) is 2. The van der Waals surface area contributed by atoms with E-state index in [0.717, 1.165) is 25.1 Å². The van der Waals surface area contributed by atoms with E-state index in [9.17, 15) is 4.79 Å². The van der Waals surface area contributed by atoms with Crippen molar-refractivity contribution in [1.82, 2.24) is 30.8 Å². The number of nitrogens with zero attached hydrogens (tertiary/aromatic N) is 4. The van der Waals surface area contributed by atoms with Gasteiger partial charge in [-0.25, -0.2) is 0 Å². The molecule has 1 aromatic carbocycles. The number of carbonyl (C=O) groups excluding carboxylic acids is 1. The van der Waals surface area contributed by atoms with Crippen LogP contribution in [0.5, 0.6) is 0 Å². The number of hydrogen-bond donors (Lipinski definition) is 2. The molecule has 1 aliphatic rings. The summed E-state index contributed by atoms with van der Waals surface area (Å²) < 4.78 is 0. The summed E-state index contributed by atoms with van der Waals surface area (Å²) in [7, 11) is 0. The van der Waals surface area contributed by atoms with Gasteiger partial charge < -0.3 is 10.6 Å². The average Bonchev–Trinajstić information content (AvgIpc) is 3.20. The number of tetrazole rings is 1. The molecule has 1 aromatic heterocycles. The van der Waals surface area contributed by atoms with Crippen LogP contribution >= 0.6 is 11.6 Å². The highest BCUT2D eigenvalue weighted by Crippen LogP contribution is 2.16. The predicted octanol–water partition coefficient (Wildman–Crippen LogP) is 1.11. The molecule has 23 heavy (non-hydrogen) atoms. The largest absolute Gasteiger partial charge is 0.354 e. The number of aromatic nitrogens is 4. The van der Waals surface area contributed by atoms with Crippen molar-refractivity contribution in [2.45, 2.75) is 19.4 Å². The van der Waals surface area contributed by atoms with Gasteiger partial charge in [-0.1, -0.05) is 11.6 Å². The third-order valence-corrected chi connectivity index (χ3v) is 4.13. The maximum atomic E-state index is 11.9. The number of rotatable bonds is 6. The monoisotopic (exact) mass is 334 g/mol. The van der Waals surface area contributed by atoms with Gasteiger partial charge >= 0.3 is 0 Å². The summed E-state index contributed by atoms with van der Waals surface area (Å²) >= 11 is 5.85. The fraction of sp³-hybridized carbons (Fsp3) is 0.467. The number of hydrogen-bond acceptors (Lipinski definition) is 5. The Balaban J connectivity index is 1.48. The maximum Gasteiger partial charge on any atom is 0.243 e. The molecule has 122 valence electrons. The zero-order chi connectivity index (χ0) is 16.1. The van der Waals surface area contributed by atoms with Crippen LogP contribution in [0.3, 0.4) is 0 Å². The van der Waals surface area contributed by atoms with Crippen molar-refractivity contribution in [3.05, 3.63) is 29.3 Å². The van der Waals surface area contributed by atoms with Gasteiger partial charge in [-0.05, 0) is 61.3 Å². The molecule has 1 unspecified atom stereocenters. The molecular formula is C15H19ClN6O. The Kier molecular flexibility index (Phi) is 5.19. The van der Waals surface area contributed by atoms with Crippen LogP contribution in [0.4, 0.5) is 0 Å². The second-order valence-corrected chi connectivity index (χ2v) is 6.08. The molecule has 1 atom stereocenters. The van der Waals surface area contributed by atoms with E-state index in [4.69, 9.17) is 11.6 Å². The third-order valence-electron chi connectivity index (χ3n) is 3.88. The Bertz CT molecular complexity index is 650. The first kappa shape index (κ1) is 15.9. The van der Waals surface area contributed by atoms with E-state index < -0.39 is 0 Å². The van der Waals surface area contributed by atoms with Gasteiger partial charge in [0, 0.05) is 17.1 Å². The molecule has 1 amide bonds. The summed E-state index contributed by atoms with van der Waals surface area (Å²) in [6.07, 6.45) is 2.19. The van der Waals surface area contributed by atoms with Crippen LogP contribution in [0, 0.1) is 5.92 Å². The highest BCUT2D eigenvalue weighted by Gasteiger charge is 2.14. The summed E-state index contributed by atoms with van der Waals surface area (Å²) in [6, 6.07) is 7.17. The molecule has 0 bridgehead atoms. The van der Waals surface area contributed by atoms with Crippen molar-refractivity contribution < 1.29 is 4.79 Å². The van der Waals surface area contributed by atoms with E-state index in [0.29, 0.717) is 23.3 Å². The van der Waals surface area contributed by atoms with E-state index in [2.05, 4.69) is 26.0 Å². The van der Waals surface area contributed by atoms with Gasteiger partial charge in [0.2, 0.25) is 11.7 Å². The van der Waals surface area contributed by atoms with E-state index >= 15 is 0 Å². The molecule has 1 saturated heterocycles. The van der Waals surface area contributed by atoms with Crippen LogP contribution in [0.1, 0.15) is 12.8 Å². The minimum Gasteiger partial charge on any atom is -0.354 e. The first-order valence-corrected chi connectivity index (χ1v) is 8.09. The summed E-state index contributed by atoms with van der Waals surface area (Å²) in [4.78, 5) is 13.2. The average molecular weight is 335 g/mol. The van der Waals surface area contributed by atoms with Crippen LogP contribution in [0.15, 0.2) is 24.3 Å². The lowest BCUT2D eigenvalue weighted by Crippen LogP contribution is -2.30. The summed E-state index contributed by atoms with van der Waals surface area (Å²) in [5.41, 5.74) is 0.815. The molecule has 8 heteroatoms. The molecule has 2 aromatic rings. The Hall–Kier alpha value is -1.99. The number of benzene rings is 1. The zero-order valence-corrected chi connectivity index (χ0v) is 13.5. The lowest BCUT2D eigenvalue weighted by atomic mass is 10.1. The van der Waals surface area contributed by atoms with Crippen molar-refractivity contribution >= 4 is 17.5 Å². The fourth-order valence-electron chi connectivity index (χ4n) is 2.59. The molecule has 1 aliphatic heterocycles. The van der Waals surface area contributed by atoms with Crippen LogP contribution < -0.4 is 10.6 Å². The maximum absolute atomic E-state index is 11.9. The Labute approximate surface area is 139 Å². The predicted molar refractivity (Wildman–Crippen MR) is 86.9 cm³/mol. The number of amides is 1. The van der Waals surface area contributed by atoms with Crippen molar-refractivity contribution in [2.75, 3.05) is 19.6 Å². The van der Waals surface area contributed by atoms with E-state index in [1.165, 1.54) is 11.2 Å². The quantitative estimate of drug-likeness (QED) is 0.826. The topological polar surface area (TPSA) is 84.7 Å². The van der Waals surface area contributed by atoms with Crippen LogP contribution in [0.25, 0.3) is 11.4 Å². The molecule has 0 saturated carbocycles. The first-order chi connectivity index (χ1) is 11.2. The molecule has 7 nitrogen and oxygen atoms in total.